The Hall–Kier alpha value is -4.37. The number of hydrazone groups is 1. The number of halogens is 1. The highest BCUT2D eigenvalue weighted by Crippen LogP contribution is 2.32. The molecule has 0 bridgehead atoms. The largest absolute Gasteiger partial charge is 0.342 e. The molecule has 0 saturated heterocycles. The highest BCUT2D eigenvalue weighted by Gasteiger charge is 2.36. The number of thioether (sulfide) groups is 1. The van der Waals surface area contributed by atoms with E-state index in [0.29, 0.717) is 22.3 Å². The van der Waals surface area contributed by atoms with Crippen molar-refractivity contribution in [1.82, 2.24) is 14.6 Å². The van der Waals surface area contributed by atoms with Crippen LogP contribution in [0, 0.1) is 11.2 Å². The second-order valence-electron chi connectivity index (χ2n) is 7.98. The van der Waals surface area contributed by atoms with Crippen molar-refractivity contribution in [3.05, 3.63) is 107 Å². The number of aromatic nitrogens is 2. The summed E-state index contributed by atoms with van der Waals surface area (Å²) in [5.41, 5.74) is 3.19. The lowest BCUT2D eigenvalue weighted by Crippen LogP contribution is -2.35. The summed E-state index contributed by atoms with van der Waals surface area (Å²) < 4.78 is 16.2. The van der Waals surface area contributed by atoms with E-state index in [1.807, 2.05) is 47.2 Å². The van der Waals surface area contributed by atoms with Crippen molar-refractivity contribution < 1.29 is 9.18 Å². The van der Waals surface area contributed by atoms with Crippen molar-refractivity contribution in [2.45, 2.75) is 6.54 Å². The molecule has 4 heterocycles. The standard InChI is InChI=1S/C26H17FN6OS/c27-21-7-3-1-5-17(21)14-32-15-18(19-6-2-4-8-22(19)32)13-20-23(28)33-26(30-24(20)34)35-25(31-33)16-9-11-29-12-10-16/h1-13,15,28H,14H2. The van der Waals surface area contributed by atoms with Crippen molar-refractivity contribution in [2.75, 3.05) is 0 Å². The predicted molar refractivity (Wildman–Crippen MR) is 136 cm³/mol. The Labute approximate surface area is 203 Å². The van der Waals surface area contributed by atoms with Gasteiger partial charge in [0.2, 0.25) is 5.17 Å². The molecule has 0 atom stereocenters. The van der Waals surface area contributed by atoms with Crippen LogP contribution in [0.1, 0.15) is 16.7 Å². The minimum absolute atomic E-state index is 0.0394. The molecule has 0 aliphatic carbocycles. The lowest BCUT2D eigenvalue weighted by molar-refractivity contribution is -0.114. The molecule has 0 fully saturated rings. The number of hydrogen-bond donors (Lipinski definition) is 1. The maximum absolute atomic E-state index is 14.3. The molecule has 2 aliphatic rings. The molecule has 170 valence electrons. The summed E-state index contributed by atoms with van der Waals surface area (Å²) in [6.45, 7) is 0.340. The smallest absolute Gasteiger partial charge is 0.283 e. The molecule has 0 unspecified atom stereocenters. The lowest BCUT2D eigenvalue weighted by atomic mass is 10.1. The van der Waals surface area contributed by atoms with E-state index in [9.17, 15) is 9.18 Å². The Balaban J connectivity index is 1.39. The number of hydrogen-bond acceptors (Lipinski definition) is 5. The minimum atomic E-state index is -0.495. The number of fused-ring (bicyclic) bond motifs is 2. The van der Waals surface area contributed by atoms with Crippen LogP contribution in [0.5, 0.6) is 0 Å². The number of pyridine rings is 1. The molecule has 4 aromatic rings. The maximum atomic E-state index is 14.3. The van der Waals surface area contributed by atoms with Crippen molar-refractivity contribution in [1.29, 1.82) is 5.41 Å². The summed E-state index contributed by atoms with van der Waals surface area (Å²) in [7, 11) is 0. The molecule has 2 aromatic carbocycles. The van der Waals surface area contributed by atoms with Gasteiger partial charge in [0.05, 0.1) is 12.1 Å². The van der Waals surface area contributed by atoms with E-state index >= 15 is 0 Å². The molecule has 7 nitrogen and oxygen atoms in total. The van der Waals surface area contributed by atoms with Gasteiger partial charge in [0.15, 0.2) is 5.84 Å². The molecule has 1 amide bonds. The fourth-order valence-electron chi connectivity index (χ4n) is 4.09. The van der Waals surface area contributed by atoms with Gasteiger partial charge in [-0.05, 0) is 42.1 Å². The number of carbonyl (C=O) groups is 1. The fourth-order valence-corrected chi connectivity index (χ4v) is 4.99. The van der Waals surface area contributed by atoms with Gasteiger partial charge < -0.3 is 4.57 Å². The Kier molecular flexibility index (Phi) is 5.11. The number of amides is 1. The second-order valence-corrected chi connectivity index (χ2v) is 8.94. The average Bonchev–Trinajstić information content (AvgIpc) is 3.46. The lowest BCUT2D eigenvalue weighted by Gasteiger charge is -2.20. The predicted octanol–water partition coefficient (Wildman–Crippen LogP) is 4.89. The number of nitrogens with zero attached hydrogens (tertiary/aromatic N) is 5. The SMILES string of the molecule is N=C1C(=Cc2cn(Cc3ccccc3F)c3ccccc23)C(=O)N=C2SC(c3ccncc3)=NN12. The van der Waals surface area contributed by atoms with Crippen LogP contribution in [0.3, 0.4) is 0 Å². The molecule has 0 radical (unpaired) electrons. The van der Waals surface area contributed by atoms with E-state index in [1.54, 1.807) is 36.7 Å². The van der Waals surface area contributed by atoms with Gasteiger partial charge in [-0.1, -0.05) is 36.4 Å². The molecule has 6 rings (SSSR count). The molecule has 9 heteroatoms. The number of amidine groups is 2. The average molecular weight is 481 g/mol. The van der Waals surface area contributed by atoms with E-state index in [2.05, 4.69) is 15.1 Å². The van der Waals surface area contributed by atoms with Gasteiger partial charge in [-0.3, -0.25) is 15.2 Å². The van der Waals surface area contributed by atoms with E-state index in [0.717, 1.165) is 22.0 Å². The van der Waals surface area contributed by atoms with Gasteiger partial charge in [0.25, 0.3) is 5.91 Å². The summed E-state index contributed by atoms with van der Waals surface area (Å²) in [6, 6.07) is 18.0. The van der Waals surface area contributed by atoms with Crippen molar-refractivity contribution in [3.63, 3.8) is 0 Å². The molecule has 1 N–H and O–H groups in total. The van der Waals surface area contributed by atoms with Gasteiger partial charge in [-0.2, -0.15) is 15.1 Å². The Bertz CT molecular complexity index is 1600. The number of nitrogens with one attached hydrogen (secondary N) is 1. The van der Waals surface area contributed by atoms with Gasteiger partial charge in [0.1, 0.15) is 10.9 Å². The molecule has 35 heavy (non-hydrogen) atoms. The monoisotopic (exact) mass is 480 g/mol. The summed E-state index contributed by atoms with van der Waals surface area (Å²) in [5.74, 6) is -0.806. The van der Waals surface area contributed by atoms with Crippen LogP contribution in [-0.4, -0.2) is 36.5 Å². The van der Waals surface area contributed by atoms with Crippen LogP contribution in [0.2, 0.25) is 0 Å². The van der Waals surface area contributed by atoms with E-state index in [-0.39, 0.29) is 17.2 Å². The maximum Gasteiger partial charge on any atom is 0.283 e. The van der Waals surface area contributed by atoms with Gasteiger partial charge in [-0.25, -0.2) is 4.39 Å². The van der Waals surface area contributed by atoms with Crippen LogP contribution in [-0.2, 0) is 11.3 Å². The van der Waals surface area contributed by atoms with E-state index in [4.69, 9.17) is 5.41 Å². The first-order valence-electron chi connectivity index (χ1n) is 10.8. The summed E-state index contributed by atoms with van der Waals surface area (Å²) in [6.07, 6.45) is 6.86. The number of para-hydroxylation sites is 1. The van der Waals surface area contributed by atoms with Crippen molar-refractivity contribution in [3.8, 4) is 0 Å². The molecule has 2 aromatic heterocycles. The molecule has 0 saturated carbocycles. The van der Waals surface area contributed by atoms with Gasteiger partial charge in [-0.15, -0.1) is 0 Å². The highest BCUT2D eigenvalue weighted by atomic mass is 32.2. The first kappa shape index (κ1) is 21.2. The third-order valence-corrected chi connectivity index (χ3v) is 6.76. The molecular weight excluding hydrogens is 463 g/mol. The number of benzene rings is 2. The van der Waals surface area contributed by atoms with E-state index in [1.165, 1.54) is 22.8 Å². The van der Waals surface area contributed by atoms with Crippen LogP contribution in [0.15, 0.2) is 94.9 Å². The number of rotatable bonds is 4. The van der Waals surface area contributed by atoms with Crippen LogP contribution >= 0.6 is 11.8 Å². The summed E-state index contributed by atoms with van der Waals surface area (Å²) in [4.78, 5) is 21.1. The normalized spacial score (nSPS) is 16.6. The van der Waals surface area contributed by atoms with Crippen molar-refractivity contribution in [2.24, 2.45) is 10.1 Å². The second kappa shape index (κ2) is 8.44. The zero-order valence-electron chi connectivity index (χ0n) is 18.2. The van der Waals surface area contributed by atoms with Crippen molar-refractivity contribution >= 4 is 50.7 Å². The Morgan fingerprint density at radius 1 is 1.03 bits per heavy atom. The molecular formula is C26H17FN6OS. The molecule has 0 spiro atoms. The Morgan fingerprint density at radius 2 is 1.80 bits per heavy atom. The third kappa shape index (κ3) is 3.75. The molecule has 2 aliphatic heterocycles. The number of carbonyl (C=O) groups excluding carboxylic acids is 1. The number of aliphatic imine (C=N–C) groups is 1. The van der Waals surface area contributed by atoms with E-state index < -0.39 is 5.91 Å². The topological polar surface area (TPSA) is 86.7 Å². The zero-order valence-corrected chi connectivity index (χ0v) is 19.0. The van der Waals surface area contributed by atoms with Crippen LogP contribution in [0.25, 0.3) is 17.0 Å². The Morgan fingerprint density at radius 3 is 2.63 bits per heavy atom. The van der Waals surface area contributed by atoms with Crippen LogP contribution < -0.4 is 0 Å². The summed E-state index contributed by atoms with van der Waals surface area (Å²) in [5, 5.41) is 16.5. The first-order chi connectivity index (χ1) is 17.1. The first-order valence-corrected chi connectivity index (χ1v) is 11.6. The highest BCUT2D eigenvalue weighted by molar-refractivity contribution is 8.27. The van der Waals surface area contributed by atoms with Gasteiger partial charge in [0, 0.05) is 46.2 Å². The summed E-state index contributed by atoms with van der Waals surface area (Å²) >= 11 is 1.24. The van der Waals surface area contributed by atoms with Crippen LogP contribution in [0.4, 0.5) is 4.39 Å². The fraction of sp³-hybridized carbons (Fsp3) is 0.0385. The quantitative estimate of drug-likeness (QED) is 0.422. The minimum Gasteiger partial charge on any atom is -0.342 e. The third-order valence-electron chi connectivity index (χ3n) is 5.80. The van der Waals surface area contributed by atoms with Gasteiger partial charge >= 0.3 is 0 Å². The zero-order chi connectivity index (χ0) is 23.9.